The van der Waals surface area contributed by atoms with Crippen LogP contribution >= 0.6 is 20.7 Å². The second-order valence-corrected chi connectivity index (χ2v) is 25.1. The van der Waals surface area contributed by atoms with Crippen LogP contribution in [0.3, 0.4) is 0 Å². The lowest BCUT2D eigenvalue weighted by molar-refractivity contribution is 0.590. The van der Waals surface area contributed by atoms with Gasteiger partial charge in [0.2, 0.25) is 11.6 Å². The van der Waals surface area contributed by atoms with Crippen LogP contribution in [0.1, 0.15) is 37.6 Å². The number of rotatable bonds is 9. The molecule has 0 saturated heterocycles. The van der Waals surface area contributed by atoms with Crippen molar-refractivity contribution in [3.05, 3.63) is 287 Å². The summed E-state index contributed by atoms with van der Waals surface area (Å²) in [5, 5.41) is 0. The highest BCUT2D eigenvalue weighted by atomic mass is 127. The van der Waals surface area contributed by atoms with Crippen molar-refractivity contribution in [3.8, 4) is 78.1 Å². The minimum atomic E-state index is -0.825. The maximum Gasteiger partial charge on any atom is 0.221 e. The summed E-state index contributed by atoms with van der Waals surface area (Å²) in [6.07, 6.45) is 2.09. The first-order valence-electron chi connectivity index (χ1n) is 28.6. The molecule has 0 N–H and O–H groups in total. The summed E-state index contributed by atoms with van der Waals surface area (Å²) >= 11 is -0.825. The van der Waals surface area contributed by atoms with Crippen molar-refractivity contribution < 1.29 is 0 Å². The van der Waals surface area contributed by atoms with E-state index in [9.17, 15) is 0 Å². The molecule has 8 heteroatoms. The fraction of sp³-hybridized carbons (Fsp3) is 0.0526. The average Bonchev–Trinajstić information content (AvgIpc) is 1.46. The molecular weight excluding hydrogens is 1140 g/mol. The maximum atomic E-state index is 5.69. The van der Waals surface area contributed by atoms with Gasteiger partial charge in [-0.2, -0.15) is 0 Å². The summed E-state index contributed by atoms with van der Waals surface area (Å²) in [7, 11) is 0. The number of benzene rings is 11. The van der Waals surface area contributed by atoms with Gasteiger partial charge in [0, 0.05) is 16.9 Å². The summed E-state index contributed by atoms with van der Waals surface area (Å²) < 4.78 is 11.8. The fourth-order valence-corrected chi connectivity index (χ4v) is 15.7. The second-order valence-electron chi connectivity index (χ2n) is 22.6. The van der Waals surface area contributed by atoms with Gasteiger partial charge < -0.3 is 0 Å². The van der Waals surface area contributed by atoms with Crippen molar-refractivity contribution in [3.63, 3.8) is 0 Å². The molecule has 0 fully saturated rings. The van der Waals surface area contributed by atoms with Gasteiger partial charge in [-0.25, -0.2) is 15.0 Å². The monoisotopic (exact) mass is 1190 g/mol. The predicted molar refractivity (Wildman–Crippen MR) is 357 cm³/mol. The zero-order valence-corrected chi connectivity index (χ0v) is 48.6. The lowest BCUT2D eigenvalue weighted by Crippen LogP contribution is -2.17. The zero-order valence-electron chi connectivity index (χ0n) is 46.5. The highest BCUT2D eigenvalue weighted by Crippen LogP contribution is 2.56. The van der Waals surface area contributed by atoms with Crippen LogP contribution in [0.4, 0.5) is 0 Å². The Bertz CT molecular complexity index is 5020. The summed E-state index contributed by atoms with van der Waals surface area (Å²) in [5.74, 6) is 1.76. The molecular formula is C76H54IN7. The molecule has 16 rings (SSSR count). The topological polar surface area (TPSA) is 56.8 Å². The first kappa shape index (κ1) is 49.8. The third-order valence-corrected chi connectivity index (χ3v) is 19.4. The summed E-state index contributed by atoms with van der Waals surface area (Å²) in [6, 6.07) is 96.7. The van der Waals surface area contributed by atoms with Crippen LogP contribution in [0, 0.1) is 3.70 Å². The van der Waals surface area contributed by atoms with Crippen LogP contribution < -0.4 is 0 Å². The number of para-hydroxylation sites is 5. The Morgan fingerprint density at radius 2 is 0.774 bits per heavy atom. The van der Waals surface area contributed by atoms with Gasteiger partial charge in [-0.3, -0.25) is 17.9 Å². The zero-order chi connectivity index (χ0) is 56.0. The van der Waals surface area contributed by atoms with E-state index in [-0.39, 0.29) is 5.41 Å². The number of hydrogen-bond acceptors (Lipinski definition) is 3. The van der Waals surface area contributed by atoms with Gasteiger partial charge >= 0.3 is 0 Å². The van der Waals surface area contributed by atoms with Crippen molar-refractivity contribution in [1.82, 2.24) is 27.9 Å². The fourth-order valence-electron chi connectivity index (χ4n) is 12.9. The summed E-state index contributed by atoms with van der Waals surface area (Å²) in [6.45, 7) is 6.93. The first-order chi connectivity index (χ1) is 41.4. The number of halogens is 1. The third-order valence-electron chi connectivity index (χ3n) is 16.5. The van der Waals surface area contributed by atoms with E-state index in [1.165, 1.54) is 37.1 Å². The highest BCUT2D eigenvalue weighted by Gasteiger charge is 2.32. The second kappa shape index (κ2) is 19.9. The molecule has 400 valence electrons. The number of imidazole rings is 4. The Labute approximate surface area is 496 Å². The van der Waals surface area contributed by atoms with Gasteiger partial charge in [-0.05, 0) is 159 Å². The molecule has 0 atom stereocenters. The standard InChI is InChI=1S/C76H54IN7/c1-76(2,3)58-47-60-64(46-57(58)72-77-73-65(48-78-72)83-61-42-23-22-41-59(61)79-75(83)82(73)55-38-20-9-21-39-55)84-63-44-25-24-43-62(63)81(74(84)80-60)56-40-26-37-54(45-56)71-69(52-33-16-7-17-34-52)67(50-29-12-5-13-30-50)66(49-27-10-4-11-28-49)68(51-31-14-6-15-32-51)70(71)53-35-18-8-19-36-53/h4-48H,1-3H3. The molecule has 7 nitrogen and oxygen atoms in total. The van der Waals surface area contributed by atoms with Crippen molar-refractivity contribution in [1.29, 1.82) is 0 Å². The van der Waals surface area contributed by atoms with Crippen LogP contribution in [0.2, 0.25) is 0 Å². The van der Waals surface area contributed by atoms with E-state index in [1.807, 2.05) is 0 Å². The molecule has 84 heavy (non-hydrogen) atoms. The molecule has 0 unspecified atom stereocenters. The predicted octanol–water partition coefficient (Wildman–Crippen LogP) is 19.1. The van der Waals surface area contributed by atoms with E-state index in [0.717, 1.165) is 110 Å². The van der Waals surface area contributed by atoms with Gasteiger partial charge in [0.1, 0.15) is 7.33 Å². The molecule has 0 aliphatic carbocycles. The lowest BCUT2D eigenvalue weighted by Gasteiger charge is -2.29. The van der Waals surface area contributed by atoms with E-state index >= 15 is 0 Å². The molecule has 0 bridgehead atoms. The SMILES string of the molecule is CC(C)(C)c1cc2nc3n(-c4cccc(-c5c(-c6ccccc6)c(-c6ccccc6)c(-c6ccccc6)c(-c6ccccc6)c5-c5ccccc5)c4)c4ccccc4n3c2cc1C1=Ic2c(n3c4ccccc4nc3n2-c2ccccc2)C=N1. The van der Waals surface area contributed by atoms with Crippen LogP contribution in [0.25, 0.3) is 123 Å². The Hall–Kier alpha value is -10.0. The Morgan fingerprint density at radius 3 is 1.31 bits per heavy atom. The van der Waals surface area contributed by atoms with Gasteiger partial charge in [-0.1, -0.05) is 227 Å². The number of fused-ring (bicyclic) bond motifs is 10. The first-order valence-corrected chi connectivity index (χ1v) is 30.7. The largest absolute Gasteiger partial charge is 0.278 e. The smallest absolute Gasteiger partial charge is 0.221 e. The third kappa shape index (κ3) is 7.99. The van der Waals surface area contributed by atoms with Gasteiger partial charge in [0.05, 0.1) is 45.0 Å². The van der Waals surface area contributed by atoms with Crippen molar-refractivity contribution in [2.24, 2.45) is 4.99 Å². The number of nitrogens with zero attached hydrogens (tertiary/aromatic N) is 7. The molecule has 0 radical (unpaired) electrons. The van der Waals surface area contributed by atoms with Crippen molar-refractivity contribution in [2.75, 3.05) is 0 Å². The van der Waals surface area contributed by atoms with Gasteiger partial charge in [-0.15, -0.1) is 0 Å². The normalized spacial score (nSPS) is 12.6. The van der Waals surface area contributed by atoms with E-state index in [1.54, 1.807) is 0 Å². The van der Waals surface area contributed by atoms with Gasteiger partial charge in [0.25, 0.3) is 0 Å². The minimum Gasteiger partial charge on any atom is -0.278 e. The van der Waals surface area contributed by atoms with Gasteiger partial charge in [0.15, 0.2) is 0 Å². The average molecular weight is 1190 g/mol. The Kier molecular flexibility index (Phi) is 11.8. The van der Waals surface area contributed by atoms with E-state index in [2.05, 4.69) is 312 Å². The molecule has 0 saturated carbocycles. The van der Waals surface area contributed by atoms with Crippen molar-refractivity contribution >= 4 is 75.2 Å². The summed E-state index contributed by atoms with van der Waals surface area (Å²) in [5.41, 5.74) is 25.4. The van der Waals surface area contributed by atoms with Crippen LogP contribution in [0.5, 0.6) is 0 Å². The van der Waals surface area contributed by atoms with Crippen LogP contribution in [-0.4, -0.2) is 37.8 Å². The molecule has 11 aromatic carbocycles. The molecule has 0 amide bonds. The van der Waals surface area contributed by atoms with Crippen LogP contribution in [0.15, 0.2) is 272 Å². The number of aromatic nitrogens is 6. The molecule has 1 aliphatic heterocycles. The highest BCUT2D eigenvalue weighted by molar-refractivity contribution is 14.2. The minimum absolute atomic E-state index is 0.220. The molecule has 4 aromatic heterocycles. The number of aliphatic imine (C=N–C) groups is 1. The maximum absolute atomic E-state index is 5.69. The Balaban J connectivity index is 0.961. The summed E-state index contributed by atoms with van der Waals surface area (Å²) in [4.78, 5) is 16.4. The molecule has 15 aromatic rings. The number of hydrogen-bond donors (Lipinski definition) is 0. The Morgan fingerprint density at radius 1 is 0.345 bits per heavy atom. The quantitative estimate of drug-likeness (QED) is 0.135. The molecule has 1 aliphatic rings. The van der Waals surface area contributed by atoms with Crippen LogP contribution in [-0.2, 0) is 5.41 Å². The van der Waals surface area contributed by atoms with E-state index < -0.39 is 20.7 Å². The lowest BCUT2D eigenvalue weighted by atomic mass is 9.74. The van der Waals surface area contributed by atoms with E-state index in [0.29, 0.717) is 0 Å². The van der Waals surface area contributed by atoms with E-state index in [4.69, 9.17) is 15.0 Å². The van der Waals surface area contributed by atoms with Crippen molar-refractivity contribution in [2.45, 2.75) is 26.2 Å². The molecule has 5 heterocycles. The molecule has 0 spiro atoms.